The molecule has 0 heterocycles. The maximum absolute atomic E-state index is 11.0. The second-order valence-corrected chi connectivity index (χ2v) is 6.17. The molecule has 3 heteroatoms. The molecule has 0 aromatic rings. The average Bonchev–Trinajstić information content (AvgIpc) is 2.08. The zero-order chi connectivity index (χ0) is 10.6. The number of rotatable bonds is 6. The predicted molar refractivity (Wildman–Crippen MR) is 62.9 cm³/mol. The minimum Gasteiger partial charge on any atom is -0.302 e. The fourth-order valence-corrected chi connectivity index (χ4v) is 2.73. The molecule has 2 nitrogen and oxygen atoms in total. The van der Waals surface area contributed by atoms with Gasteiger partial charge in [0.05, 0.1) is 0 Å². The summed E-state index contributed by atoms with van der Waals surface area (Å²) in [5.41, 5.74) is 0. The molecule has 1 atom stereocenters. The van der Waals surface area contributed by atoms with Gasteiger partial charge in [0.2, 0.25) is 0 Å². The van der Waals surface area contributed by atoms with Gasteiger partial charge in [0.1, 0.15) is 0 Å². The second-order valence-electron chi connectivity index (χ2n) is 4.61. The van der Waals surface area contributed by atoms with Crippen molar-refractivity contribution in [3.8, 4) is 0 Å². The van der Waals surface area contributed by atoms with E-state index in [0.29, 0.717) is 0 Å². The van der Waals surface area contributed by atoms with Gasteiger partial charge in [0.15, 0.2) is 0 Å². The Morgan fingerprint density at radius 3 is 2.50 bits per heavy atom. The van der Waals surface area contributed by atoms with Crippen LogP contribution >= 0.6 is 0 Å². The number of nitrogens with zero attached hydrogens (tertiary/aromatic N) is 1. The molecule has 1 saturated carbocycles. The summed E-state index contributed by atoms with van der Waals surface area (Å²) in [6, 6.07) is 0. The van der Waals surface area contributed by atoms with E-state index in [4.69, 9.17) is 0 Å². The van der Waals surface area contributed by atoms with E-state index in [-0.39, 0.29) is 0 Å². The molecule has 84 valence electrons. The first-order valence-corrected chi connectivity index (χ1v) is 7.37. The van der Waals surface area contributed by atoms with Crippen molar-refractivity contribution in [2.24, 2.45) is 11.8 Å². The van der Waals surface area contributed by atoms with Crippen molar-refractivity contribution in [1.29, 1.82) is 0 Å². The first-order chi connectivity index (χ1) is 6.61. The Hall–Kier alpha value is 0.110. The summed E-state index contributed by atoms with van der Waals surface area (Å²) in [4.78, 5) is 2.44. The minimum atomic E-state index is -0.635. The van der Waals surface area contributed by atoms with Crippen LogP contribution in [0.25, 0.3) is 0 Å². The van der Waals surface area contributed by atoms with Crippen molar-refractivity contribution in [3.05, 3.63) is 0 Å². The van der Waals surface area contributed by atoms with Gasteiger partial charge in [0, 0.05) is 35.9 Å². The van der Waals surface area contributed by atoms with Gasteiger partial charge >= 0.3 is 0 Å². The lowest BCUT2D eigenvalue weighted by Crippen LogP contribution is -2.37. The first kappa shape index (κ1) is 12.2. The van der Waals surface area contributed by atoms with E-state index >= 15 is 0 Å². The molecular formula is C11H23NOS. The zero-order valence-electron chi connectivity index (χ0n) is 9.66. The average molecular weight is 217 g/mol. The summed E-state index contributed by atoms with van der Waals surface area (Å²) in [6.07, 6.45) is 4.58. The molecule has 0 spiro atoms. The Balaban J connectivity index is 2.15. The van der Waals surface area contributed by atoms with Crippen molar-refractivity contribution in [1.82, 2.24) is 4.90 Å². The molecule has 1 aliphatic rings. The van der Waals surface area contributed by atoms with Gasteiger partial charge in [-0.05, 0) is 31.2 Å². The third kappa shape index (κ3) is 4.09. The molecule has 0 amide bonds. The highest BCUT2D eigenvalue weighted by Gasteiger charge is 2.26. The van der Waals surface area contributed by atoms with Gasteiger partial charge in [-0.2, -0.15) is 0 Å². The SMILES string of the molecule is CCN(CCS(C)=O)CC1CC(C)C1. The first-order valence-electron chi connectivity index (χ1n) is 5.64. The summed E-state index contributed by atoms with van der Waals surface area (Å²) in [5, 5.41) is 0. The Labute approximate surface area is 90.5 Å². The van der Waals surface area contributed by atoms with Crippen LogP contribution in [0.2, 0.25) is 0 Å². The molecule has 0 aromatic heterocycles. The molecule has 1 rings (SSSR count). The molecule has 1 aliphatic carbocycles. The van der Waals surface area contributed by atoms with E-state index in [2.05, 4.69) is 18.7 Å². The summed E-state index contributed by atoms with van der Waals surface area (Å²) >= 11 is 0. The van der Waals surface area contributed by atoms with E-state index in [0.717, 1.165) is 30.7 Å². The molecule has 1 unspecified atom stereocenters. The van der Waals surface area contributed by atoms with Crippen molar-refractivity contribution in [2.45, 2.75) is 26.7 Å². The van der Waals surface area contributed by atoms with Crippen LogP contribution in [-0.2, 0) is 10.8 Å². The van der Waals surface area contributed by atoms with Crippen LogP contribution in [0.15, 0.2) is 0 Å². The van der Waals surface area contributed by atoms with Crippen molar-refractivity contribution < 1.29 is 4.21 Å². The molecule has 1 fully saturated rings. The lowest BCUT2D eigenvalue weighted by atomic mass is 9.76. The molecule has 0 N–H and O–H groups in total. The van der Waals surface area contributed by atoms with Crippen LogP contribution in [0, 0.1) is 11.8 Å². The Kier molecular flexibility index (Phi) is 5.10. The molecule has 0 saturated heterocycles. The van der Waals surface area contributed by atoms with Crippen LogP contribution < -0.4 is 0 Å². The monoisotopic (exact) mass is 217 g/mol. The summed E-state index contributed by atoms with van der Waals surface area (Å²) in [7, 11) is -0.635. The Morgan fingerprint density at radius 1 is 1.43 bits per heavy atom. The van der Waals surface area contributed by atoms with Crippen LogP contribution in [-0.4, -0.2) is 40.8 Å². The van der Waals surface area contributed by atoms with E-state index in [1.54, 1.807) is 6.26 Å². The van der Waals surface area contributed by atoms with Crippen molar-refractivity contribution >= 4 is 10.8 Å². The third-order valence-corrected chi connectivity index (χ3v) is 3.89. The number of hydrogen-bond acceptors (Lipinski definition) is 2. The normalized spacial score (nSPS) is 28.9. The molecule has 0 bridgehead atoms. The van der Waals surface area contributed by atoms with Gasteiger partial charge in [-0.25, -0.2) is 0 Å². The summed E-state index contributed by atoms with van der Waals surface area (Å²) < 4.78 is 11.0. The quantitative estimate of drug-likeness (QED) is 0.675. The summed E-state index contributed by atoms with van der Waals surface area (Å²) in [6.45, 7) is 7.85. The smallest absolute Gasteiger partial charge is 0.0359 e. The van der Waals surface area contributed by atoms with Gasteiger partial charge in [-0.3, -0.25) is 4.21 Å². The van der Waals surface area contributed by atoms with Crippen LogP contribution in [0.3, 0.4) is 0 Å². The highest BCUT2D eigenvalue weighted by molar-refractivity contribution is 7.84. The standard InChI is InChI=1S/C11H23NOS/c1-4-12(5-6-14(3)13)9-11-7-10(2)8-11/h10-11H,4-9H2,1-3H3. The summed E-state index contributed by atoms with van der Waals surface area (Å²) in [5.74, 6) is 2.69. The van der Waals surface area contributed by atoms with Crippen molar-refractivity contribution in [3.63, 3.8) is 0 Å². The Bertz CT molecular complexity index is 190. The van der Waals surface area contributed by atoms with Gasteiger partial charge < -0.3 is 4.90 Å². The molecule has 14 heavy (non-hydrogen) atoms. The topological polar surface area (TPSA) is 20.3 Å². The highest BCUT2D eigenvalue weighted by Crippen LogP contribution is 2.33. The van der Waals surface area contributed by atoms with E-state index in [9.17, 15) is 4.21 Å². The molecule has 0 aromatic carbocycles. The maximum atomic E-state index is 11.0. The maximum Gasteiger partial charge on any atom is 0.0359 e. The molecule has 0 aliphatic heterocycles. The fourth-order valence-electron chi connectivity index (χ4n) is 2.22. The molecule has 0 radical (unpaired) electrons. The van der Waals surface area contributed by atoms with Gasteiger partial charge in [0.25, 0.3) is 0 Å². The van der Waals surface area contributed by atoms with Gasteiger partial charge in [-0.15, -0.1) is 0 Å². The lowest BCUT2D eigenvalue weighted by molar-refractivity contribution is 0.142. The number of hydrogen-bond donors (Lipinski definition) is 0. The second kappa shape index (κ2) is 5.86. The third-order valence-electron chi connectivity index (χ3n) is 3.13. The van der Waals surface area contributed by atoms with E-state index in [1.165, 1.54) is 19.4 Å². The van der Waals surface area contributed by atoms with Crippen molar-refractivity contribution in [2.75, 3.05) is 31.6 Å². The van der Waals surface area contributed by atoms with Crippen LogP contribution in [0.4, 0.5) is 0 Å². The largest absolute Gasteiger partial charge is 0.302 e. The fraction of sp³-hybridized carbons (Fsp3) is 1.00. The van der Waals surface area contributed by atoms with Gasteiger partial charge in [-0.1, -0.05) is 13.8 Å². The molecular weight excluding hydrogens is 194 g/mol. The van der Waals surface area contributed by atoms with E-state index in [1.807, 2.05) is 0 Å². The zero-order valence-corrected chi connectivity index (χ0v) is 10.5. The highest BCUT2D eigenvalue weighted by atomic mass is 32.2. The lowest BCUT2D eigenvalue weighted by Gasteiger charge is -2.36. The van der Waals surface area contributed by atoms with E-state index < -0.39 is 10.8 Å². The minimum absolute atomic E-state index is 0.635. The van der Waals surface area contributed by atoms with Crippen LogP contribution in [0.1, 0.15) is 26.7 Å². The predicted octanol–water partition coefficient (Wildman–Crippen LogP) is 1.73. The van der Waals surface area contributed by atoms with Crippen LogP contribution in [0.5, 0.6) is 0 Å². The Morgan fingerprint density at radius 2 is 2.07 bits per heavy atom.